The molecule has 0 radical (unpaired) electrons. The number of hydrogen-bond acceptors (Lipinski definition) is 10. The van der Waals surface area contributed by atoms with Crippen LogP contribution in [0.15, 0.2) is 55.0 Å². The normalized spacial score (nSPS) is 31.3. The number of aliphatic hydroxyl groups is 2. The van der Waals surface area contributed by atoms with Gasteiger partial charge in [0.25, 0.3) is 11.8 Å². The number of alkyl halides is 1. The van der Waals surface area contributed by atoms with E-state index in [1.807, 2.05) is 0 Å². The van der Waals surface area contributed by atoms with Gasteiger partial charge in [0.1, 0.15) is 35.9 Å². The minimum atomic E-state index is -4.99. The van der Waals surface area contributed by atoms with Crippen LogP contribution in [0.25, 0.3) is 0 Å². The van der Waals surface area contributed by atoms with E-state index in [4.69, 9.17) is 21.3 Å². The van der Waals surface area contributed by atoms with E-state index < -0.39 is 62.1 Å². The Labute approximate surface area is 216 Å². The number of nitrogens with zero attached hydrogens (tertiary/aromatic N) is 1. The van der Waals surface area contributed by atoms with Crippen molar-refractivity contribution in [3.63, 3.8) is 0 Å². The Balaban J connectivity index is 1.95. The first-order chi connectivity index (χ1) is 17.9. The van der Waals surface area contributed by atoms with Crippen LogP contribution in [0.2, 0.25) is 0 Å². The highest BCUT2D eigenvalue weighted by atomic mass is 31.2. The van der Waals surface area contributed by atoms with Crippen LogP contribution in [-0.2, 0) is 28.2 Å². The van der Waals surface area contributed by atoms with Gasteiger partial charge in [0.15, 0.2) is 6.23 Å². The van der Waals surface area contributed by atoms with Gasteiger partial charge in [-0.3, -0.25) is 14.1 Å². The van der Waals surface area contributed by atoms with E-state index >= 15 is 4.39 Å². The molecule has 1 aromatic rings. The number of aliphatic hydroxyl groups excluding tert-OH is 1. The van der Waals surface area contributed by atoms with E-state index in [0.29, 0.717) is 0 Å². The molecule has 3 rings (SSSR count). The molecule has 0 aromatic heterocycles. The van der Waals surface area contributed by atoms with Gasteiger partial charge in [0, 0.05) is 12.3 Å². The Hall–Kier alpha value is -2.80. The van der Waals surface area contributed by atoms with Gasteiger partial charge in [-0.05, 0) is 39.8 Å². The molecule has 2 aliphatic rings. The Morgan fingerprint density at radius 1 is 1.41 bits per heavy atom. The molecule has 0 aliphatic carbocycles. The van der Waals surface area contributed by atoms with Gasteiger partial charge in [0.05, 0.1) is 8.85 Å². The van der Waals surface area contributed by atoms with E-state index in [9.17, 15) is 24.4 Å². The summed E-state index contributed by atoms with van der Waals surface area (Å²) >= 11 is 0. The van der Waals surface area contributed by atoms with Crippen LogP contribution < -0.4 is 14.9 Å². The van der Waals surface area contributed by atoms with Crippen molar-refractivity contribution in [2.45, 2.75) is 63.6 Å². The molecule has 6 atom stereocenters. The second-order valence-corrected chi connectivity index (χ2v) is 10.5. The number of carbonyl (C=O) groups excluding carboxylic acids is 2. The van der Waals surface area contributed by atoms with Crippen molar-refractivity contribution in [3.05, 3.63) is 55.0 Å². The molecule has 2 heterocycles. The third-order valence-corrected chi connectivity index (χ3v) is 6.72. The number of nitrogens with one attached hydrogen (secondary N) is 2. The molecule has 1 aromatic carbocycles. The van der Waals surface area contributed by atoms with E-state index in [-0.39, 0.29) is 11.6 Å². The minimum Gasteiger partial charge on any atom is -0.462 e. The summed E-state index contributed by atoms with van der Waals surface area (Å²) in [5, 5.41) is 26.2. The van der Waals surface area contributed by atoms with Gasteiger partial charge in [-0.15, -0.1) is 0 Å². The number of carbonyl (C=O) groups is 2. The standard InChI is InChI=1S/C23H31FN3O9P/c1-14(2)34-19(29)15(3)26-37(32,36-17-9-7-6-8-10-17)33-13-23(24)20(30)22(5,31)21(35-23)27-12-11-18(28)25-16(27)4/h6-12,14-15,20-21,30-31H,4,13H2,1-3,5H3,(H,25,28)(H,26,32)/t15-,20-,21+,22+,23+,37?/m0/s1/i13D2. The summed E-state index contributed by atoms with van der Waals surface area (Å²) in [6.45, 7) is 5.13. The van der Waals surface area contributed by atoms with Gasteiger partial charge >= 0.3 is 13.7 Å². The Morgan fingerprint density at radius 3 is 2.65 bits per heavy atom. The average Bonchev–Trinajstić information content (AvgIpc) is 3.00. The number of hydrogen-bond donors (Lipinski definition) is 4. The molecule has 12 nitrogen and oxygen atoms in total. The number of rotatable bonds is 10. The molecular formula is C23H31FN3O9P. The first-order valence-electron chi connectivity index (χ1n) is 12.2. The van der Waals surface area contributed by atoms with Crippen LogP contribution in [0, 0.1) is 0 Å². The molecule has 4 N–H and O–H groups in total. The maximum Gasteiger partial charge on any atom is 0.459 e. The molecule has 0 bridgehead atoms. The van der Waals surface area contributed by atoms with Crippen molar-refractivity contribution in [2.24, 2.45) is 0 Å². The highest BCUT2D eigenvalue weighted by Gasteiger charge is 2.64. The molecule has 1 fully saturated rings. The van der Waals surface area contributed by atoms with Gasteiger partial charge in [-0.1, -0.05) is 24.8 Å². The lowest BCUT2D eigenvalue weighted by Crippen LogP contribution is -2.54. The van der Waals surface area contributed by atoms with Crippen molar-refractivity contribution >= 4 is 19.6 Å². The van der Waals surface area contributed by atoms with Crippen molar-refractivity contribution in [2.75, 3.05) is 6.56 Å². The maximum atomic E-state index is 16.3. The third kappa shape index (κ3) is 6.56. The fourth-order valence-electron chi connectivity index (χ4n) is 3.42. The monoisotopic (exact) mass is 545 g/mol. The predicted octanol–water partition coefficient (Wildman–Crippen LogP) is 1.67. The van der Waals surface area contributed by atoms with Crippen LogP contribution >= 0.6 is 7.75 Å². The predicted molar refractivity (Wildman–Crippen MR) is 128 cm³/mol. The van der Waals surface area contributed by atoms with E-state index in [1.54, 1.807) is 19.9 Å². The van der Waals surface area contributed by atoms with Crippen LogP contribution in [0.4, 0.5) is 4.39 Å². The number of halogens is 1. The zero-order chi connectivity index (χ0) is 29.4. The van der Waals surface area contributed by atoms with Crippen molar-refractivity contribution < 1.29 is 50.0 Å². The lowest BCUT2D eigenvalue weighted by atomic mass is 9.95. The molecule has 14 heteroatoms. The fourth-order valence-corrected chi connectivity index (χ4v) is 4.79. The molecule has 0 spiro atoms. The summed E-state index contributed by atoms with van der Waals surface area (Å²) in [6, 6.07) is 5.93. The largest absolute Gasteiger partial charge is 0.462 e. The zero-order valence-electron chi connectivity index (χ0n) is 22.6. The highest BCUT2D eigenvalue weighted by molar-refractivity contribution is 7.52. The first-order valence-corrected chi connectivity index (χ1v) is 12.7. The summed E-state index contributed by atoms with van der Waals surface area (Å²) in [7, 11) is -4.99. The summed E-state index contributed by atoms with van der Waals surface area (Å²) in [5.41, 5.74) is -2.52. The zero-order valence-corrected chi connectivity index (χ0v) is 21.5. The van der Waals surface area contributed by atoms with Gasteiger partial charge in [0.2, 0.25) is 0 Å². The van der Waals surface area contributed by atoms with Crippen LogP contribution in [-0.4, -0.2) is 69.5 Å². The summed E-state index contributed by atoms with van der Waals surface area (Å²) in [5.74, 6) is -5.59. The summed E-state index contributed by atoms with van der Waals surface area (Å²) < 4.78 is 67.4. The maximum absolute atomic E-state index is 16.3. The van der Waals surface area contributed by atoms with E-state index in [2.05, 4.69) is 17.0 Å². The Morgan fingerprint density at radius 2 is 2.05 bits per heavy atom. The lowest BCUT2D eigenvalue weighted by Gasteiger charge is -2.36. The number of amides is 1. The van der Waals surface area contributed by atoms with Gasteiger partial charge < -0.3 is 34.4 Å². The quantitative estimate of drug-likeness (QED) is 0.251. The smallest absolute Gasteiger partial charge is 0.459 e. The molecule has 0 saturated carbocycles. The van der Waals surface area contributed by atoms with Crippen molar-refractivity contribution in [1.82, 2.24) is 15.3 Å². The SMILES string of the molecule is [2H]C([2H])(OP(=O)(N[C@@H](C)C(=O)OC(C)C)Oc1ccccc1)[C@@]1(F)O[C@@H](N2C=CC(=O)NC2=C)[C@](C)(O)[C@@H]1O. The molecule has 37 heavy (non-hydrogen) atoms. The number of benzene rings is 1. The van der Waals surface area contributed by atoms with Crippen molar-refractivity contribution in [3.8, 4) is 5.75 Å². The number of para-hydroxylation sites is 1. The molecule has 204 valence electrons. The number of ether oxygens (including phenoxy) is 2. The number of esters is 1. The molecule has 1 unspecified atom stereocenters. The fraction of sp³-hybridized carbons (Fsp3) is 0.478. The Bertz CT molecular complexity index is 1190. The Kier molecular flexibility index (Phi) is 7.61. The second kappa shape index (κ2) is 10.9. The van der Waals surface area contributed by atoms with Crippen LogP contribution in [0.1, 0.15) is 30.4 Å². The van der Waals surface area contributed by atoms with Crippen LogP contribution in [0.3, 0.4) is 0 Å². The lowest BCUT2D eigenvalue weighted by molar-refractivity contribution is -0.206. The first kappa shape index (κ1) is 25.8. The second-order valence-electron chi connectivity index (χ2n) is 8.83. The molecule has 2 aliphatic heterocycles. The average molecular weight is 545 g/mol. The topological polar surface area (TPSA) is 156 Å². The van der Waals surface area contributed by atoms with Crippen molar-refractivity contribution in [1.29, 1.82) is 0 Å². The summed E-state index contributed by atoms with van der Waals surface area (Å²) in [4.78, 5) is 24.9. The summed E-state index contributed by atoms with van der Waals surface area (Å²) in [6.07, 6.45) is -2.91. The molecule has 1 saturated heterocycles. The van der Waals surface area contributed by atoms with Crippen LogP contribution in [0.5, 0.6) is 5.75 Å². The van der Waals surface area contributed by atoms with Gasteiger partial charge in [-0.2, -0.15) is 5.09 Å². The third-order valence-electron chi connectivity index (χ3n) is 5.24. The minimum absolute atomic E-state index is 0.0928. The molecular weight excluding hydrogens is 512 g/mol. The van der Waals surface area contributed by atoms with Gasteiger partial charge in [-0.25, -0.2) is 8.96 Å². The van der Waals surface area contributed by atoms with E-state index in [1.165, 1.54) is 31.2 Å². The highest BCUT2D eigenvalue weighted by Crippen LogP contribution is 2.49. The van der Waals surface area contributed by atoms with E-state index in [0.717, 1.165) is 24.1 Å². The molecule has 1 amide bonds.